The molecule has 6 atom stereocenters. The number of unbranched alkanes of at least 4 members (excludes halogenated alkanes) is 1. The third-order valence-electron chi connectivity index (χ3n) is 4.94. The molecule has 0 aliphatic carbocycles. The van der Waals surface area contributed by atoms with E-state index in [0.717, 1.165) is 6.42 Å². The largest absolute Gasteiger partial charge is 0.394 e. The minimum absolute atomic E-state index is 0.0832. The monoisotopic (exact) mass is 516 g/mol. The fraction of sp³-hybridized carbons (Fsp3) is 0.882. The Bertz CT molecular complexity index is 525. The summed E-state index contributed by atoms with van der Waals surface area (Å²) in [6, 6.07) is -0.952. The van der Waals surface area contributed by atoms with E-state index < -0.39 is 43.2 Å². The van der Waals surface area contributed by atoms with E-state index in [-0.39, 0.29) is 18.6 Å². The zero-order valence-corrected chi connectivity index (χ0v) is 18.0. The average molecular weight is 516 g/mol. The highest BCUT2D eigenvalue weighted by Gasteiger charge is 2.45. The summed E-state index contributed by atoms with van der Waals surface area (Å²) in [4.78, 5) is 25.3. The molecule has 2 amide bonds. The van der Waals surface area contributed by atoms with Gasteiger partial charge >= 0.3 is 0 Å². The molecular formula is C17H29IN2O8. The van der Waals surface area contributed by atoms with Crippen molar-refractivity contribution in [1.82, 2.24) is 10.2 Å². The lowest BCUT2D eigenvalue weighted by Gasteiger charge is -2.42. The molecule has 2 fully saturated rings. The number of hydrogen-bond acceptors (Lipinski definition) is 8. The number of amides is 2. The molecule has 28 heavy (non-hydrogen) atoms. The Balaban J connectivity index is 1.74. The molecule has 2 heterocycles. The number of rotatable bonds is 9. The van der Waals surface area contributed by atoms with Gasteiger partial charge in [-0.05, 0) is 19.3 Å². The van der Waals surface area contributed by atoms with Crippen molar-refractivity contribution in [2.75, 3.05) is 26.3 Å². The van der Waals surface area contributed by atoms with Crippen molar-refractivity contribution in [2.45, 2.75) is 69.4 Å². The van der Waals surface area contributed by atoms with E-state index in [0.29, 0.717) is 32.4 Å². The van der Waals surface area contributed by atoms with Crippen molar-refractivity contribution in [1.29, 1.82) is 0 Å². The van der Waals surface area contributed by atoms with Gasteiger partial charge in [-0.1, -0.05) is 0 Å². The molecule has 4 N–H and O–H groups in total. The summed E-state index contributed by atoms with van der Waals surface area (Å²) in [5.41, 5.74) is 0. The van der Waals surface area contributed by atoms with Crippen molar-refractivity contribution >= 4 is 34.8 Å². The van der Waals surface area contributed by atoms with E-state index in [1.165, 1.54) is 6.92 Å². The zero-order chi connectivity index (χ0) is 20.7. The van der Waals surface area contributed by atoms with E-state index in [1.807, 2.05) is 23.0 Å². The quantitative estimate of drug-likeness (QED) is 0.228. The third kappa shape index (κ3) is 6.47. The Hall–Kier alpha value is -0.570. The highest BCUT2D eigenvalue weighted by Crippen LogP contribution is 2.22. The van der Waals surface area contributed by atoms with Crippen molar-refractivity contribution in [3.05, 3.63) is 0 Å². The summed E-state index contributed by atoms with van der Waals surface area (Å²) < 4.78 is 16.3. The first-order chi connectivity index (χ1) is 13.4. The van der Waals surface area contributed by atoms with Crippen molar-refractivity contribution in [2.24, 2.45) is 0 Å². The lowest BCUT2D eigenvalue weighted by atomic mass is 9.97. The number of aliphatic hydroxyl groups excluding tert-OH is 3. The molecule has 162 valence electrons. The van der Waals surface area contributed by atoms with Gasteiger partial charge in [0.05, 0.1) is 12.7 Å². The van der Waals surface area contributed by atoms with Gasteiger partial charge in [-0.15, -0.1) is 0 Å². The second-order valence-electron chi connectivity index (χ2n) is 7.10. The Morgan fingerprint density at radius 2 is 2.04 bits per heavy atom. The standard InChI is InChI=1S/C17H29IN2O8/c1-10(22)19-14-16(25)15(24)12(9-21)27-17(14)26-7-3-2-4-13(23)20-6-5-11(8-20)28-18/h11-12,14-17,21,24-25H,2-9H2,1H3,(H,19,22)/t11-,12?,14?,15?,16?,17?/m1/s1. The van der Waals surface area contributed by atoms with E-state index in [9.17, 15) is 24.9 Å². The van der Waals surface area contributed by atoms with Gasteiger partial charge in [0.25, 0.3) is 0 Å². The molecule has 0 aromatic heterocycles. The van der Waals surface area contributed by atoms with Crippen LogP contribution >= 0.6 is 23.0 Å². The number of nitrogens with zero attached hydrogens (tertiary/aromatic N) is 1. The number of likely N-dealkylation sites (tertiary alicyclic amines) is 1. The molecule has 5 unspecified atom stereocenters. The molecule has 0 bridgehead atoms. The first kappa shape index (κ1) is 23.7. The fourth-order valence-corrected chi connectivity index (χ4v) is 3.79. The normalized spacial score (nSPS) is 33.1. The van der Waals surface area contributed by atoms with E-state index in [2.05, 4.69) is 5.32 Å². The van der Waals surface area contributed by atoms with Crippen molar-refractivity contribution in [3.63, 3.8) is 0 Å². The highest BCUT2D eigenvalue weighted by molar-refractivity contribution is 14.1. The van der Waals surface area contributed by atoms with Crippen LogP contribution in [0.3, 0.4) is 0 Å². The topological polar surface area (TPSA) is 138 Å². The molecule has 2 aliphatic heterocycles. The van der Waals surface area contributed by atoms with Gasteiger partial charge < -0.3 is 38.1 Å². The summed E-state index contributed by atoms with van der Waals surface area (Å²) in [7, 11) is 0. The van der Waals surface area contributed by atoms with Crippen LogP contribution in [0, 0.1) is 0 Å². The molecule has 0 aromatic carbocycles. The molecule has 2 rings (SSSR count). The summed E-state index contributed by atoms with van der Waals surface area (Å²) in [6.45, 7) is 2.37. The maximum atomic E-state index is 12.2. The molecule has 11 heteroatoms. The van der Waals surface area contributed by atoms with Crippen LogP contribution < -0.4 is 5.32 Å². The minimum Gasteiger partial charge on any atom is -0.394 e. The fourth-order valence-electron chi connectivity index (χ4n) is 3.38. The van der Waals surface area contributed by atoms with Crippen LogP contribution in [0.25, 0.3) is 0 Å². The second kappa shape index (κ2) is 11.6. The van der Waals surface area contributed by atoms with Crippen LogP contribution in [0.5, 0.6) is 0 Å². The second-order valence-corrected chi connectivity index (χ2v) is 7.61. The third-order valence-corrected chi connectivity index (χ3v) is 5.66. The summed E-state index contributed by atoms with van der Waals surface area (Å²) in [6.07, 6.45) is -2.12. The Labute approximate surface area is 178 Å². The number of carbonyl (C=O) groups excluding carboxylic acids is 2. The van der Waals surface area contributed by atoms with Crippen LogP contribution in [0.15, 0.2) is 0 Å². The van der Waals surface area contributed by atoms with Crippen molar-refractivity contribution < 1.29 is 37.4 Å². The molecule has 2 saturated heterocycles. The summed E-state index contributed by atoms with van der Waals surface area (Å²) >= 11 is 1.86. The number of nitrogens with one attached hydrogen (secondary N) is 1. The van der Waals surface area contributed by atoms with Gasteiger partial charge in [0.2, 0.25) is 11.8 Å². The maximum absolute atomic E-state index is 12.2. The molecule has 0 aromatic rings. The minimum atomic E-state index is -1.34. The molecule has 10 nitrogen and oxygen atoms in total. The zero-order valence-electron chi connectivity index (χ0n) is 15.8. The van der Waals surface area contributed by atoms with E-state index in [4.69, 9.17) is 12.5 Å². The summed E-state index contributed by atoms with van der Waals surface area (Å²) in [5.74, 6) is -0.319. The smallest absolute Gasteiger partial charge is 0.222 e. The first-order valence-electron chi connectivity index (χ1n) is 9.43. The Morgan fingerprint density at radius 3 is 2.64 bits per heavy atom. The van der Waals surface area contributed by atoms with Gasteiger partial charge in [-0.3, -0.25) is 9.59 Å². The van der Waals surface area contributed by atoms with E-state index in [1.54, 1.807) is 4.90 Å². The lowest BCUT2D eigenvalue weighted by molar-refractivity contribution is -0.270. The summed E-state index contributed by atoms with van der Waals surface area (Å²) in [5, 5.41) is 32.0. The number of ether oxygens (including phenoxy) is 2. The van der Waals surface area contributed by atoms with Crippen LogP contribution in [-0.2, 0) is 22.1 Å². The molecule has 0 radical (unpaired) electrons. The number of halogens is 1. The number of hydrogen-bond donors (Lipinski definition) is 4. The first-order valence-corrected chi connectivity index (χ1v) is 10.3. The molecule has 0 spiro atoms. The van der Waals surface area contributed by atoms with Gasteiger partial charge in [-0.25, -0.2) is 0 Å². The van der Waals surface area contributed by atoms with Gasteiger partial charge in [0, 0.05) is 33.0 Å². The van der Waals surface area contributed by atoms with Crippen LogP contribution in [-0.4, -0.2) is 95.1 Å². The van der Waals surface area contributed by atoms with Gasteiger partial charge in [0.1, 0.15) is 47.4 Å². The molecule has 2 aliphatic rings. The predicted octanol–water partition coefficient (Wildman–Crippen LogP) is -0.915. The predicted molar refractivity (Wildman–Crippen MR) is 105 cm³/mol. The molecule has 0 saturated carbocycles. The number of aliphatic hydroxyl groups is 3. The number of carbonyl (C=O) groups is 2. The molecular weight excluding hydrogens is 487 g/mol. The van der Waals surface area contributed by atoms with E-state index >= 15 is 0 Å². The van der Waals surface area contributed by atoms with Crippen molar-refractivity contribution in [3.8, 4) is 0 Å². The average Bonchev–Trinajstić information content (AvgIpc) is 3.15. The Morgan fingerprint density at radius 1 is 1.29 bits per heavy atom. The maximum Gasteiger partial charge on any atom is 0.222 e. The van der Waals surface area contributed by atoms with Gasteiger partial charge in [-0.2, -0.15) is 0 Å². The van der Waals surface area contributed by atoms with Crippen LogP contribution in [0.4, 0.5) is 0 Å². The van der Waals surface area contributed by atoms with Crippen LogP contribution in [0.2, 0.25) is 0 Å². The van der Waals surface area contributed by atoms with Gasteiger partial charge in [0.15, 0.2) is 6.29 Å². The Kier molecular flexibility index (Phi) is 9.80. The SMILES string of the molecule is CC(=O)NC1C(OCCCCC(=O)N2CC[C@@H](OI)C2)OC(CO)C(O)C1O. The lowest BCUT2D eigenvalue weighted by Crippen LogP contribution is -2.64. The highest BCUT2D eigenvalue weighted by atomic mass is 127. The van der Waals surface area contributed by atoms with Crippen LogP contribution in [0.1, 0.15) is 32.6 Å².